The van der Waals surface area contributed by atoms with Gasteiger partial charge in [0.1, 0.15) is 0 Å². The third-order valence-corrected chi connectivity index (χ3v) is 3.17. The summed E-state index contributed by atoms with van der Waals surface area (Å²) in [6.07, 6.45) is 7.42. The van der Waals surface area contributed by atoms with Crippen molar-refractivity contribution >= 4 is 0 Å². The van der Waals surface area contributed by atoms with Crippen LogP contribution >= 0.6 is 0 Å². The van der Waals surface area contributed by atoms with Crippen molar-refractivity contribution in [1.29, 1.82) is 0 Å². The van der Waals surface area contributed by atoms with Crippen LogP contribution in [0.5, 0.6) is 0 Å². The average Bonchev–Trinajstić information content (AvgIpc) is 2.94. The molecular weight excluding hydrogens is 170 g/mol. The van der Waals surface area contributed by atoms with E-state index in [0.717, 1.165) is 11.8 Å². The molecule has 14 heavy (non-hydrogen) atoms. The standard InChI is InChI=1S/C13H19N/c1-3-4-5-11-9-12(11)13-8-10(2)6-7-14-13/h6-8,11-12H,3-5,9H2,1-2H3/t11-,12-/m1/s1. The van der Waals surface area contributed by atoms with Crippen LogP contribution in [0.3, 0.4) is 0 Å². The lowest BCUT2D eigenvalue weighted by atomic mass is 10.1. The number of hydrogen-bond acceptors (Lipinski definition) is 1. The van der Waals surface area contributed by atoms with E-state index in [1.54, 1.807) is 0 Å². The maximum atomic E-state index is 4.46. The van der Waals surface area contributed by atoms with Crippen LogP contribution in [-0.2, 0) is 0 Å². The fraction of sp³-hybridized carbons (Fsp3) is 0.615. The van der Waals surface area contributed by atoms with Crippen LogP contribution in [0.25, 0.3) is 0 Å². The summed E-state index contributed by atoms with van der Waals surface area (Å²) in [5.74, 6) is 1.71. The van der Waals surface area contributed by atoms with E-state index in [1.807, 2.05) is 6.20 Å². The van der Waals surface area contributed by atoms with Gasteiger partial charge in [-0.25, -0.2) is 0 Å². The summed E-state index contributed by atoms with van der Waals surface area (Å²) >= 11 is 0. The Balaban J connectivity index is 1.92. The average molecular weight is 189 g/mol. The molecule has 1 aromatic heterocycles. The predicted octanol–water partition coefficient (Wildman–Crippen LogP) is 3.68. The molecule has 2 atom stereocenters. The lowest BCUT2D eigenvalue weighted by Crippen LogP contribution is -1.89. The SMILES string of the molecule is CCCC[C@@H]1C[C@H]1c1cc(C)ccn1. The first-order valence-electron chi connectivity index (χ1n) is 5.74. The summed E-state index contributed by atoms with van der Waals surface area (Å²) in [7, 11) is 0. The molecule has 1 aliphatic carbocycles. The van der Waals surface area contributed by atoms with Crippen molar-refractivity contribution in [3.63, 3.8) is 0 Å². The summed E-state index contributed by atoms with van der Waals surface area (Å²) in [6.45, 7) is 4.41. The number of rotatable bonds is 4. The van der Waals surface area contributed by atoms with Crippen molar-refractivity contribution in [2.45, 2.75) is 45.4 Å². The summed E-state index contributed by atoms with van der Waals surface area (Å²) in [5, 5.41) is 0. The highest BCUT2D eigenvalue weighted by molar-refractivity contribution is 5.22. The van der Waals surface area contributed by atoms with Gasteiger partial charge in [0.05, 0.1) is 0 Å². The van der Waals surface area contributed by atoms with Crippen molar-refractivity contribution < 1.29 is 0 Å². The molecule has 1 heteroatoms. The second-order valence-electron chi connectivity index (χ2n) is 4.50. The van der Waals surface area contributed by atoms with Crippen molar-refractivity contribution in [2.75, 3.05) is 0 Å². The molecule has 0 aliphatic heterocycles. The molecule has 0 bridgehead atoms. The van der Waals surface area contributed by atoms with Gasteiger partial charge in [-0.3, -0.25) is 4.98 Å². The van der Waals surface area contributed by atoms with E-state index < -0.39 is 0 Å². The van der Waals surface area contributed by atoms with Gasteiger partial charge >= 0.3 is 0 Å². The summed E-state index contributed by atoms with van der Waals surface area (Å²) in [6, 6.07) is 4.32. The van der Waals surface area contributed by atoms with E-state index in [-0.39, 0.29) is 0 Å². The molecule has 1 aliphatic rings. The molecule has 1 fully saturated rings. The summed E-state index contributed by atoms with van der Waals surface area (Å²) in [4.78, 5) is 4.46. The Labute approximate surface area is 86.6 Å². The monoisotopic (exact) mass is 189 g/mol. The highest BCUT2D eigenvalue weighted by Crippen LogP contribution is 2.49. The van der Waals surface area contributed by atoms with Crippen molar-refractivity contribution in [3.05, 3.63) is 29.6 Å². The molecule has 0 aromatic carbocycles. The third-order valence-electron chi connectivity index (χ3n) is 3.17. The molecule has 1 saturated carbocycles. The number of nitrogens with zero attached hydrogens (tertiary/aromatic N) is 1. The zero-order valence-electron chi connectivity index (χ0n) is 9.16. The fourth-order valence-corrected chi connectivity index (χ4v) is 2.16. The predicted molar refractivity (Wildman–Crippen MR) is 59.3 cm³/mol. The fourth-order valence-electron chi connectivity index (χ4n) is 2.16. The Hall–Kier alpha value is -0.850. The zero-order chi connectivity index (χ0) is 9.97. The maximum Gasteiger partial charge on any atom is 0.0440 e. The Morgan fingerprint density at radius 3 is 3.07 bits per heavy atom. The molecule has 0 saturated heterocycles. The van der Waals surface area contributed by atoms with Gasteiger partial charge in [-0.2, -0.15) is 0 Å². The molecule has 0 radical (unpaired) electrons. The second kappa shape index (κ2) is 4.12. The van der Waals surface area contributed by atoms with Crippen LogP contribution in [-0.4, -0.2) is 4.98 Å². The van der Waals surface area contributed by atoms with Gasteiger partial charge < -0.3 is 0 Å². The first-order chi connectivity index (χ1) is 6.81. The van der Waals surface area contributed by atoms with Gasteiger partial charge in [-0.15, -0.1) is 0 Å². The number of pyridine rings is 1. The minimum atomic E-state index is 0.779. The molecule has 0 N–H and O–H groups in total. The molecule has 1 aromatic rings. The number of aryl methyl sites for hydroxylation is 1. The first-order valence-corrected chi connectivity index (χ1v) is 5.74. The minimum absolute atomic E-state index is 0.779. The lowest BCUT2D eigenvalue weighted by Gasteiger charge is -2.00. The van der Waals surface area contributed by atoms with Crippen LogP contribution in [0.2, 0.25) is 0 Å². The second-order valence-corrected chi connectivity index (χ2v) is 4.50. The normalized spacial score (nSPS) is 25.0. The molecule has 0 amide bonds. The number of unbranched alkanes of at least 4 members (excludes halogenated alkanes) is 1. The van der Waals surface area contributed by atoms with Crippen molar-refractivity contribution in [3.8, 4) is 0 Å². The minimum Gasteiger partial charge on any atom is -0.261 e. The van der Waals surface area contributed by atoms with Gasteiger partial charge in [-0.1, -0.05) is 19.8 Å². The van der Waals surface area contributed by atoms with E-state index in [0.29, 0.717) is 0 Å². The topological polar surface area (TPSA) is 12.9 Å². The Morgan fingerprint density at radius 2 is 2.36 bits per heavy atom. The van der Waals surface area contributed by atoms with Gasteiger partial charge in [0.15, 0.2) is 0 Å². The summed E-state index contributed by atoms with van der Waals surface area (Å²) in [5.41, 5.74) is 2.67. The van der Waals surface area contributed by atoms with Gasteiger partial charge in [-0.05, 0) is 43.4 Å². The number of aromatic nitrogens is 1. The molecule has 2 rings (SSSR count). The molecule has 0 unspecified atom stereocenters. The zero-order valence-corrected chi connectivity index (χ0v) is 9.16. The molecule has 1 nitrogen and oxygen atoms in total. The van der Waals surface area contributed by atoms with E-state index >= 15 is 0 Å². The van der Waals surface area contributed by atoms with Crippen molar-refractivity contribution in [2.24, 2.45) is 5.92 Å². The van der Waals surface area contributed by atoms with E-state index in [2.05, 4.69) is 31.0 Å². The van der Waals surface area contributed by atoms with Crippen LogP contribution in [0.1, 0.15) is 49.8 Å². The van der Waals surface area contributed by atoms with Crippen LogP contribution in [0, 0.1) is 12.8 Å². The van der Waals surface area contributed by atoms with Crippen LogP contribution < -0.4 is 0 Å². The van der Waals surface area contributed by atoms with E-state index in [1.165, 1.54) is 36.9 Å². The van der Waals surface area contributed by atoms with E-state index in [9.17, 15) is 0 Å². The molecule has 76 valence electrons. The van der Waals surface area contributed by atoms with E-state index in [4.69, 9.17) is 0 Å². The molecule has 0 spiro atoms. The maximum absolute atomic E-state index is 4.46. The van der Waals surface area contributed by atoms with Crippen LogP contribution in [0.4, 0.5) is 0 Å². The quantitative estimate of drug-likeness (QED) is 0.704. The van der Waals surface area contributed by atoms with Crippen LogP contribution in [0.15, 0.2) is 18.3 Å². The third kappa shape index (κ3) is 2.14. The smallest absolute Gasteiger partial charge is 0.0440 e. The summed E-state index contributed by atoms with van der Waals surface area (Å²) < 4.78 is 0. The first kappa shape index (κ1) is 9.70. The lowest BCUT2D eigenvalue weighted by molar-refractivity contribution is 0.636. The van der Waals surface area contributed by atoms with Gasteiger partial charge in [0.25, 0.3) is 0 Å². The molecule has 1 heterocycles. The Kier molecular flexibility index (Phi) is 2.85. The Morgan fingerprint density at radius 1 is 1.50 bits per heavy atom. The van der Waals surface area contributed by atoms with Gasteiger partial charge in [0.2, 0.25) is 0 Å². The Bertz CT molecular complexity index is 306. The highest BCUT2D eigenvalue weighted by Gasteiger charge is 2.38. The van der Waals surface area contributed by atoms with Gasteiger partial charge in [0, 0.05) is 17.8 Å². The van der Waals surface area contributed by atoms with Crippen molar-refractivity contribution in [1.82, 2.24) is 4.98 Å². The largest absolute Gasteiger partial charge is 0.261 e. The highest BCUT2D eigenvalue weighted by atomic mass is 14.7. The number of hydrogen-bond donors (Lipinski definition) is 0. The molecular formula is C13H19N.